The molecule has 3 aromatic rings. The van der Waals surface area contributed by atoms with Crippen molar-refractivity contribution in [2.45, 2.75) is 43.0 Å². The van der Waals surface area contributed by atoms with E-state index in [-0.39, 0.29) is 53.0 Å². The van der Waals surface area contributed by atoms with Crippen LogP contribution < -0.4 is 10.6 Å². The second-order valence-electron chi connectivity index (χ2n) is 10.3. The molecule has 2 aliphatic rings. The van der Waals surface area contributed by atoms with E-state index >= 15 is 8.78 Å². The van der Waals surface area contributed by atoms with Crippen molar-refractivity contribution in [3.05, 3.63) is 64.4 Å². The Morgan fingerprint density at radius 2 is 1.74 bits per heavy atom. The SMILES string of the molecule is C=CC(=O)N1[C@H](C)CN(c2nc(=O)n3c4c(c(-c5c(F)cc(F)cc5F)c(C(F)(F)F)cc24)SC[C@@H]3COC)C[C@@H]1C. The number of hydrogen-bond donors (Lipinski definition) is 0. The minimum atomic E-state index is -5.09. The monoisotopic (exact) mass is 612 g/mol. The highest BCUT2D eigenvalue weighted by Gasteiger charge is 2.41. The van der Waals surface area contributed by atoms with Crippen LogP contribution in [0, 0.1) is 17.5 Å². The molecule has 5 rings (SSSR count). The lowest BCUT2D eigenvalue weighted by molar-refractivity contribution is -0.137. The van der Waals surface area contributed by atoms with Gasteiger partial charge in [0.15, 0.2) is 0 Å². The number of rotatable bonds is 5. The lowest BCUT2D eigenvalue weighted by atomic mass is 9.95. The smallest absolute Gasteiger partial charge is 0.383 e. The van der Waals surface area contributed by atoms with E-state index in [1.807, 2.05) is 0 Å². The summed E-state index contributed by atoms with van der Waals surface area (Å²) in [6.07, 6.45) is -3.92. The molecule has 0 spiro atoms. The summed E-state index contributed by atoms with van der Waals surface area (Å²) < 4.78 is 94.4. The van der Waals surface area contributed by atoms with Crippen LogP contribution in [0.1, 0.15) is 25.5 Å². The fourth-order valence-electron chi connectivity index (χ4n) is 5.94. The predicted molar refractivity (Wildman–Crippen MR) is 146 cm³/mol. The molecule has 0 aliphatic carbocycles. The maximum Gasteiger partial charge on any atom is 0.417 e. The maximum absolute atomic E-state index is 15.1. The Kier molecular flexibility index (Phi) is 7.81. The second-order valence-corrected chi connectivity index (χ2v) is 11.4. The fraction of sp³-hybridized carbons (Fsp3) is 0.393. The summed E-state index contributed by atoms with van der Waals surface area (Å²) in [5.41, 5.74) is -3.99. The summed E-state index contributed by atoms with van der Waals surface area (Å²) in [6, 6.07) is -0.100. The van der Waals surface area contributed by atoms with Crippen molar-refractivity contribution in [3.63, 3.8) is 0 Å². The number of carbonyl (C=O) groups excluding carboxylic acids is 1. The zero-order chi connectivity index (χ0) is 30.7. The molecule has 1 aromatic heterocycles. The van der Waals surface area contributed by atoms with Crippen LogP contribution in [0.15, 0.2) is 40.5 Å². The van der Waals surface area contributed by atoms with Crippen molar-refractivity contribution in [1.82, 2.24) is 14.5 Å². The molecule has 14 heteroatoms. The molecule has 0 unspecified atom stereocenters. The van der Waals surface area contributed by atoms with Gasteiger partial charge in [-0.15, -0.1) is 11.8 Å². The highest BCUT2D eigenvalue weighted by Crippen LogP contribution is 2.51. The molecule has 2 aromatic carbocycles. The van der Waals surface area contributed by atoms with E-state index in [0.29, 0.717) is 12.1 Å². The summed E-state index contributed by atoms with van der Waals surface area (Å²) in [4.78, 5) is 33.2. The first-order valence-electron chi connectivity index (χ1n) is 12.9. The van der Waals surface area contributed by atoms with Crippen molar-refractivity contribution >= 4 is 34.4 Å². The number of benzene rings is 2. The Morgan fingerprint density at radius 1 is 1.12 bits per heavy atom. The number of halogens is 6. The highest BCUT2D eigenvalue weighted by atomic mass is 32.2. The number of aromatic nitrogens is 2. The number of anilines is 1. The Balaban J connectivity index is 1.86. The van der Waals surface area contributed by atoms with Crippen LogP contribution in [-0.4, -0.2) is 65.0 Å². The molecular formula is C28H26F6N4O3S. The van der Waals surface area contributed by atoms with Crippen LogP contribution in [0.25, 0.3) is 22.0 Å². The van der Waals surface area contributed by atoms with Gasteiger partial charge in [0.2, 0.25) is 5.91 Å². The highest BCUT2D eigenvalue weighted by molar-refractivity contribution is 7.99. The Bertz CT molecular complexity index is 1620. The maximum atomic E-state index is 15.1. The van der Waals surface area contributed by atoms with Gasteiger partial charge in [-0.25, -0.2) is 18.0 Å². The summed E-state index contributed by atoms with van der Waals surface area (Å²) >= 11 is 0.898. The van der Waals surface area contributed by atoms with Gasteiger partial charge in [-0.1, -0.05) is 6.58 Å². The molecule has 2 aliphatic heterocycles. The normalized spacial score (nSPS) is 20.7. The third-order valence-electron chi connectivity index (χ3n) is 7.50. The van der Waals surface area contributed by atoms with Crippen molar-refractivity contribution < 1.29 is 35.9 Å². The molecule has 3 heterocycles. The number of ether oxygens (including phenoxy) is 1. The number of carbonyl (C=O) groups is 1. The van der Waals surface area contributed by atoms with E-state index in [1.165, 1.54) is 17.8 Å². The van der Waals surface area contributed by atoms with Gasteiger partial charge in [-0.3, -0.25) is 9.36 Å². The molecule has 1 saturated heterocycles. The molecule has 7 nitrogen and oxygen atoms in total. The third kappa shape index (κ3) is 4.93. The van der Waals surface area contributed by atoms with Crippen molar-refractivity contribution in [1.29, 1.82) is 0 Å². The summed E-state index contributed by atoms with van der Waals surface area (Å²) in [6.45, 7) is 7.34. The lowest BCUT2D eigenvalue weighted by Crippen LogP contribution is -2.58. The number of thioether (sulfide) groups is 1. The molecular weight excluding hydrogens is 586 g/mol. The van der Waals surface area contributed by atoms with Crippen molar-refractivity contribution in [2.24, 2.45) is 0 Å². The van der Waals surface area contributed by atoms with Crippen LogP contribution in [0.4, 0.5) is 32.2 Å². The number of methoxy groups -OCH3 is 1. The molecule has 1 amide bonds. The largest absolute Gasteiger partial charge is 0.417 e. The topological polar surface area (TPSA) is 67.7 Å². The van der Waals surface area contributed by atoms with Crippen LogP contribution in [0.3, 0.4) is 0 Å². The molecule has 0 saturated carbocycles. The van der Waals surface area contributed by atoms with Gasteiger partial charge in [0.1, 0.15) is 23.3 Å². The van der Waals surface area contributed by atoms with Gasteiger partial charge in [0.05, 0.1) is 29.3 Å². The van der Waals surface area contributed by atoms with Crippen LogP contribution >= 0.6 is 11.8 Å². The minimum Gasteiger partial charge on any atom is -0.383 e. The van der Waals surface area contributed by atoms with Gasteiger partial charge in [0.25, 0.3) is 0 Å². The first-order valence-corrected chi connectivity index (χ1v) is 13.9. The number of hydrogen-bond acceptors (Lipinski definition) is 6. The number of piperazine rings is 1. The van der Waals surface area contributed by atoms with E-state index in [1.54, 1.807) is 23.6 Å². The van der Waals surface area contributed by atoms with Crippen molar-refractivity contribution in [3.8, 4) is 11.1 Å². The molecule has 0 N–H and O–H groups in total. The average molecular weight is 613 g/mol. The quantitative estimate of drug-likeness (QED) is 0.284. The number of amides is 1. The molecule has 42 heavy (non-hydrogen) atoms. The van der Waals surface area contributed by atoms with E-state index < -0.39 is 64.1 Å². The molecule has 3 atom stereocenters. The van der Waals surface area contributed by atoms with Gasteiger partial charge in [0, 0.05) is 66.0 Å². The summed E-state index contributed by atoms with van der Waals surface area (Å²) in [5, 5.41) is -0.0557. The van der Waals surface area contributed by atoms with E-state index in [4.69, 9.17) is 4.74 Å². The number of alkyl halides is 3. The zero-order valence-electron chi connectivity index (χ0n) is 22.8. The minimum absolute atomic E-state index is 0.0133. The molecule has 0 radical (unpaired) electrons. The van der Waals surface area contributed by atoms with Gasteiger partial charge in [-0.05, 0) is 26.0 Å². The molecule has 224 valence electrons. The standard InChI is InChI=1S/C28H26F6N4O3S/c1-5-21(39)37-13(2)9-36(10-14(37)3)26-17-8-18(28(32,33)34)22(23-19(30)6-15(29)7-20(23)31)25-24(17)38(27(40)35-26)16(11-41-4)12-42-25/h5-8,13-14,16H,1,9-12H2,2-4H3/t13-,14+,16-/m0/s1. The van der Waals surface area contributed by atoms with E-state index in [9.17, 15) is 27.2 Å². The van der Waals surface area contributed by atoms with Crippen LogP contribution in [-0.2, 0) is 15.7 Å². The van der Waals surface area contributed by atoms with Gasteiger partial charge >= 0.3 is 11.9 Å². The first kappa shape index (κ1) is 30.0. The van der Waals surface area contributed by atoms with Crippen molar-refractivity contribution in [2.75, 3.05) is 37.5 Å². The Hall–Kier alpha value is -3.52. The van der Waals surface area contributed by atoms with Crippen LogP contribution in [0.2, 0.25) is 0 Å². The molecule has 1 fully saturated rings. The third-order valence-corrected chi connectivity index (χ3v) is 8.74. The lowest BCUT2D eigenvalue weighted by Gasteiger charge is -2.45. The Morgan fingerprint density at radius 3 is 2.29 bits per heavy atom. The zero-order valence-corrected chi connectivity index (χ0v) is 23.6. The van der Waals surface area contributed by atoms with E-state index in [2.05, 4.69) is 11.6 Å². The Labute approximate surface area is 240 Å². The number of nitrogens with zero attached hydrogens (tertiary/aromatic N) is 4. The van der Waals surface area contributed by atoms with Crippen LogP contribution in [0.5, 0.6) is 0 Å². The average Bonchev–Trinajstić information content (AvgIpc) is 2.89. The van der Waals surface area contributed by atoms with Gasteiger partial charge in [-0.2, -0.15) is 18.2 Å². The van der Waals surface area contributed by atoms with Gasteiger partial charge < -0.3 is 14.5 Å². The fourth-order valence-corrected chi connectivity index (χ4v) is 7.24. The molecule has 0 bridgehead atoms. The second kappa shape index (κ2) is 11.0. The summed E-state index contributed by atoms with van der Waals surface area (Å²) in [5.74, 6) is -4.63. The summed E-state index contributed by atoms with van der Waals surface area (Å²) in [7, 11) is 1.40. The van der Waals surface area contributed by atoms with E-state index in [0.717, 1.165) is 17.8 Å². The predicted octanol–water partition coefficient (Wildman–Crippen LogP) is 5.40. The first-order chi connectivity index (χ1) is 19.8.